The molecule has 0 spiro atoms. The van der Waals surface area contributed by atoms with Gasteiger partial charge in [0.15, 0.2) is 4.34 Å². The lowest BCUT2D eigenvalue weighted by Crippen LogP contribution is -2.16. The zero-order chi connectivity index (χ0) is 18.4. The van der Waals surface area contributed by atoms with Crippen molar-refractivity contribution in [2.24, 2.45) is 5.92 Å². The maximum atomic E-state index is 12.3. The van der Waals surface area contributed by atoms with Gasteiger partial charge in [-0.1, -0.05) is 69.0 Å². The first-order chi connectivity index (χ1) is 11.9. The number of nitrogens with one attached hydrogen (secondary N) is 2. The molecule has 25 heavy (non-hydrogen) atoms. The van der Waals surface area contributed by atoms with E-state index in [-0.39, 0.29) is 5.91 Å². The second-order valence-electron chi connectivity index (χ2n) is 6.68. The normalized spacial score (nSPS) is 11.2. The van der Waals surface area contributed by atoms with E-state index < -0.39 is 0 Å². The Kier molecular flexibility index (Phi) is 7.25. The van der Waals surface area contributed by atoms with E-state index >= 15 is 0 Å². The van der Waals surface area contributed by atoms with Crippen LogP contribution in [0.4, 0.5) is 10.8 Å². The number of aryl methyl sites for hydroxylation is 1. The molecule has 1 aromatic heterocycles. The molecule has 0 radical (unpaired) electrons. The summed E-state index contributed by atoms with van der Waals surface area (Å²) in [5.41, 5.74) is 3.18. The van der Waals surface area contributed by atoms with Crippen LogP contribution in [0.25, 0.3) is 0 Å². The smallest absolute Gasteiger partial charge is 0.234 e. The molecule has 1 amide bonds. The Morgan fingerprint density at radius 2 is 2.00 bits per heavy atom. The Morgan fingerprint density at radius 3 is 2.68 bits per heavy atom. The van der Waals surface area contributed by atoms with Crippen LogP contribution in [-0.2, 0) is 4.79 Å². The van der Waals surface area contributed by atoms with Gasteiger partial charge in [0.25, 0.3) is 0 Å². The van der Waals surface area contributed by atoms with Gasteiger partial charge in [-0.15, -0.1) is 10.2 Å². The van der Waals surface area contributed by atoms with Crippen molar-refractivity contribution < 1.29 is 4.79 Å². The third kappa shape index (κ3) is 6.01. The minimum Gasteiger partial charge on any atom is -0.360 e. The summed E-state index contributed by atoms with van der Waals surface area (Å²) in [4.78, 5) is 12.3. The van der Waals surface area contributed by atoms with E-state index in [1.54, 1.807) is 0 Å². The minimum atomic E-state index is -0.0203. The zero-order valence-corrected chi connectivity index (χ0v) is 17.1. The van der Waals surface area contributed by atoms with Crippen molar-refractivity contribution in [2.45, 2.75) is 44.9 Å². The molecule has 0 atom stereocenters. The quantitative estimate of drug-likeness (QED) is 0.648. The molecule has 0 fully saturated rings. The summed E-state index contributed by atoms with van der Waals surface area (Å²) in [7, 11) is 0. The second kappa shape index (κ2) is 9.20. The molecule has 2 N–H and O–H groups in total. The molecule has 0 aliphatic rings. The van der Waals surface area contributed by atoms with Gasteiger partial charge in [0.2, 0.25) is 11.0 Å². The van der Waals surface area contributed by atoms with Gasteiger partial charge in [0.05, 0.1) is 5.75 Å². The van der Waals surface area contributed by atoms with Crippen LogP contribution in [0.5, 0.6) is 0 Å². The highest BCUT2D eigenvalue weighted by atomic mass is 32.2. The van der Waals surface area contributed by atoms with Gasteiger partial charge in [0.1, 0.15) is 0 Å². The van der Waals surface area contributed by atoms with E-state index in [4.69, 9.17) is 0 Å². The number of carbonyl (C=O) groups excluding carboxylic acids is 1. The van der Waals surface area contributed by atoms with Gasteiger partial charge in [0, 0.05) is 12.2 Å². The summed E-state index contributed by atoms with van der Waals surface area (Å²) < 4.78 is 0.801. The Labute approximate surface area is 158 Å². The molecule has 0 unspecified atom stereocenters. The average molecular weight is 379 g/mol. The number of anilines is 2. The summed E-state index contributed by atoms with van der Waals surface area (Å²) in [5, 5.41) is 15.3. The lowest BCUT2D eigenvalue weighted by atomic mass is 9.98. The maximum Gasteiger partial charge on any atom is 0.234 e. The SMILES string of the molecule is Cc1cccc(C(C)C)c1NC(=O)CSc1nnc(NCC(C)C)s1. The number of aromatic nitrogens is 2. The van der Waals surface area contributed by atoms with E-state index in [1.165, 1.54) is 23.1 Å². The average Bonchev–Trinajstić information content (AvgIpc) is 3.00. The molecule has 2 aromatic rings. The van der Waals surface area contributed by atoms with Crippen molar-refractivity contribution in [3.8, 4) is 0 Å². The van der Waals surface area contributed by atoms with Crippen LogP contribution in [0.3, 0.4) is 0 Å². The highest BCUT2D eigenvalue weighted by molar-refractivity contribution is 8.01. The third-order valence-corrected chi connectivity index (χ3v) is 5.60. The Hall–Kier alpha value is -1.60. The van der Waals surface area contributed by atoms with Gasteiger partial charge in [-0.2, -0.15) is 0 Å². The number of rotatable bonds is 8. The van der Waals surface area contributed by atoms with Crippen LogP contribution in [-0.4, -0.2) is 28.4 Å². The summed E-state index contributed by atoms with van der Waals surface area (Å²) in [6.45, 7) is 11.4. The third-order valence-electron chi connectivity index (χ3n) is 3.59. The van der Waals surface area contributed by atoms with Gasteiger partial charge in [-0.25, -0.2) is 0 Å². The van der Waals surface area contributed by atoms with Crippen LogP contribution in [0, 0.1) is 12.8 Å². The molecular formula is C18H26N4OS2. The van der Waals surface area contributed by atoms with E-state index in [0.717, 1.165) is 32.8 Å². The first kappa shape index (κ1) is 19.7. The molecule has 1 aromatic carbocycles. The number of carbonyl (C=O) groups is 1. The predicted molar refractivity (Wildman–Crippen MR) is 108 cm³/mol. The minimum absolute atomic E-state index is 0.0203. The Balaban J connectivity index is 1.91. The summed E-state index contributed by atoms with van der Waals surface area (Å²) >= 11 is 2.90. The van der Waals surface area contributed by atoms with Gasteiger partial charge in [-0.05, 0) is 29.9 Å². The van der Waals surface area contributed by atoms with Gasteiger partial charge in [-0.3, -0.25) is 4.79 Å². The van der Waals surface area contributed by atoms with E-state index in [2.05, 4.69) is 54.6 Å². The fourth-order valence-corrected chi connectivity index (χ4v) is 3.83. The monoisotopic (exact) mass is 378 g/mol. The summed E-state index contributed by atoms with van der Waals surface area (Å²) in [6, 6.07) is 6.12. The van der Waals surface area contributed by atoms with Crippen molar-refractivity contribution in [3.05, 3.63) is 29.3 Å². The van der Waals surface area contributed by atoms with Crippen molar-refractivity contribution in [1.82, 2.24) is 10.2 Å². The number of para-hydroxylation sites is 1. The largest absolute Gasteiger partial charge is 0.360 e. The zero-order valence-electron chi connectivity index (χ0n) is 15.4. The standard InChI is InChI=1S/C18H26N4OS2/c1-11(2)9-19-17-21-22-18(25-17)24-10-15(23)20-16-13(5)7-6-8-14(16)12(3)4/h6-8,11-12H,9-10H2,1-5H3,(H,19,21)(H,20,23). The molecule has 1 heterocycles. The van der Waals surface area contributed by atoms with Gasteiger partial charge >= 0.3 is 0 Å². The number of hydrogen-bond acceptors (Lipinski definition) is 6. The van der Waals surface area contributed by atoms with Crippen molar-refractivity contribution >= 4 is 39.8 Å². The number of nitrogens with zero attached hydrogens (tertiary/aromatic N) is 2. The topological polar surface area (TPSA) is 66.9 Å². The summed E-state index contributed by atoms with van der Waals surface area (Å²) in [6.07, 6.45) is 0. The van der Waals surface area contributed by atoms with Crippen LogP contribution in [0.2, 0.25) is 0 Å². The highest BCUT2D eigenvalue weighted by Crippen LogP contribution is 2.29. The molecule has 136 valence electrons. The first-order valence-electron chi connectivity index (χ1n) is 8.46. The maximum absolute atomic E-state index is 12.3. The lowest BCUT2D eigenvalue weighted by Gasteiger charge is -2.16. The molecule has 0 saturated carbocycles. The second-order valence-corrected chi connectivity index (χ2v) is 8.88. The number of amides is 1. The molecule has 0 aliphatic heterocycles. The Bertz CT molecular complexity index is 713. The molecule has 0 bridgehead atoms. The Morgan fingerprint density at radius 1 is 1.24 bits per heavy atom. The molecule has 0 aliphatic carbocycles. The van der Waals surface area contributed by atoms with Crippen molar-refractivity contribution in [3.63, 3.8) is 0 Å². The van der Waals surface area contributed by atoms with Crippen molar-refractivity contribution in [2.75, 3.05) is 22.9 Å². The highest BCUT2D eigenvalue weighted by Gasteiger charge is 2.13. The lowest BCUT2D eigenvalue weighted by molar-refractivity contribution is -0.113. The van der Waals surface area contributed by atoms with Crippen molar-refractivity contribution in [1.29, 1.82) is 0 Å². The van der Waals surface area contributed by atoms with E-state index in [1.807, 2.05) is 19.1 Å². The number of benzene rings is 1. The molecule has 2 rings (SSSR count). The van der Waals surface area contributed by atoms with Crippen LogP contribution < -0.4 is 10.6 Å². The van der Waals surface area contributed by atoms with Gasteiger partial charge < -0.3 is 10.6 Å². The number of thioether (sulfide) groups is 1. The van der Waals surface area contributed by atoms with Crippen LogP contribution >= 0.6 is 23.1 Å². The van der Waals surface area contributed by atoms with Crippen LogP contribution in [0.1, 0.15) is 44.7 Å². The number of hydrogen-bond donors (Lipinski definition) is 2. The van der Waals surface area contributed by atoms with E-state index in [0.29, 0.717) is 17.6 Å². The molecule has 5 nitrogen and oxygen atoms in total. The molecule has 0 saturated heterocycles. The summed E-state index contributed by atoms with van der Waals surface area (Å²) in [5.74, 6) is 1.22. The fourth-order valence-electron chi connectivity index (χ4n) is 2.28. The molecular weight excluding hydrogens is 352 g/mol. The molecule has 7 heteroatoms. The first-order valence-corrected chi connectivity index (χ1v) is 10.3. The van der Waals surface area contributed by atoms with Crippen LogP contribution in [0.15, 0.2) is 22.5 Å². The predicted octanol–water partition coefficient (Wildman–Crippen LogP) is 4.77. The van der Waals surface area contributed by atoms with E-state index in [9.17, 15) is 4.79 Å². The fraction of sp³-hybridized carbons (Fsp3) is 0.500.